The predicted octanol–water partition coefficient (Wildman–Crippen LogP) is 2.84. The van der Waals surface area contributed by atoms with E-state index in [0.717, 1.165) is 18.8 Å². The van der Waals surface area contributed by atoms with Gasteiger partial charge in [0.05, 0.1) is 0 Å². The van der Waals surface area contributed by atoms with Gasteiger partial charge in [0.15, 0.2) is 0 Å². The molecule has 0 bridgehead atoms. The molecule has 1 heteroatoms. The number of rotatable bonds is 3. The van der Waals surface area contributed by atoms with Gasteiger partial charge in [-0.3, -0.25) is 4.98 Å². The standard InChI is InChI=1S/C11H17N/c1-4-10-6-11(5-9(2)3)8-12-7-10/h6-9H,4-5H2,1-3H3. The zero-order chi connectivity index (χ0) is 8.97. The highest BCUT2D eigenvalue weighted by Gasteiger charge is 1.98. The fourth-order valence-corrected chi connectivity index (χ4v) is 1.32. The number of nitrogens with zero attached hydrogens (tertiary/aromatic N) is 1. The molecule has 0 radical (unpaired) electrons. The van der Waals surface area contributed by atoms with Gasteiger partial charge in [-0.25, -0.2) is 0 Å². The lowest BCUT2D eigenvalue weighted by molar-refractivity contribution is 0.645. The van der Waals surface area contributed by atoms with E-state index < -0.39 is 0 Å². The van der Waals surface area contributed by atoms with Crippen LogP contribution in [0.2, 0.25) is 0 Å². The summed E-state index contributed by atoms with van der Waals surface area (Å²) >= 11 is 0. The molecule has 1 aromatic heterocycles. The Hall–Kier alpha value is -0.850. The molecule has 0 fully saturated rings. The van der Waals surface area contributed by atoms with Crippen LogP contribution in [-0.4, -0.2) is 4.98 Å². The van der Waals surface area contributed by atoms with E-state index in [1.807, 2.05) is 12.4 Å². The molecule has 0 aromatic carbocycles. The average molecular weight is 163 g/mol. The number of aryl methyl sites for hydroxylation is 1. The van der Waals surface area contributed by atoms with Crippen LogP contribution in [0.1, 0.15) is 31.9 Å². The van der Waals surface area contributed by atoms with Gasteiger partial charge in [0.2, 0.25) is 0 Å². The molecule has 66 valence electrons. The molecule has 0 atom stereocenters. The van der Waals surface area contributed by atoms with E-state index in [1.54, 1.807) is 0 Å². The first-order valence-electron chi connectivity index (χ1n) is 4.65. The van der Waals surface area contributed by atoms with Gasteiger partial charge >= 0.3 is 0 Å². The van der Waals surface area contributed by atoms with Crippen molar-refractivity contribution in [2.24, 2.45) is 5.92 Å². The van der Waals surface area contributed by atoms with Crippen molar-refractivity contribution in [1.29, 1.82) is 0 Å². The van der Waals surface area contributed by atoms with E-state index in [2.05, 4.69) is 31.8 Å². The summed E-state index contributed by atoms with van der Waals surface area (Å²) in [7, 11) is 0. The molecule has 1 nitrogen and oxygen atoms in total. The minimum Gasteiger partial charge on any atom is -0.264 e. The summed E-state index contributed by atoms with van der Waals surface area (Å²) in [5.41, 5.74) is 2.71. The van der Waals surface area contributed by atoms with Crippen molar-refractivity contribution >= 4 is 0 Å². The van der Waals surface area contributed by atoms with Crippen LogP contribution < -0.4 is 0 Å². The molecular weight excluding hydrogens is 146 g/mol. The maximum Gasteiger partial charge on any atom is 0.0300 e. The first-order valence-corrected chi connectivity index (χ1v) is 4.65. The van der Waals surface area contributed by atoms with E-state index in [-0.39, 0.29) is 0 Å². The second-order valence-electron chi connectivity index (χ2n) is 3.65. The van der Waals surface area contributed by atoms with E-state index in [0.29, 0.717) is 0 Å². The Kier molecular flexibility index (Phi) is 3.27. The van der Waals surface area contributed by atoms with Crippen LogP contribution in [0, 0.1) is 5.92 Å². The minimum absolute atomic E-state index is 0.721. The molecule has 1 rings (SSSR count). The number of hydrogen-bond donors (Lipinski definition) is 0. The van der Waals surface area contributed by atoms with Gasteiger partial charge in [0.1, 0.15) is 0 Å². The van der Waals surface area contributed by atoms with Gasteiger partial charge in [-0.2, -0.15) is 0 Å². The minimum atomic E-state index is 0.721. The highest BCUT2D eigenvalue weighted by Crippen LogP contribution is 2.08. The molecule has 0 saturated carbocycles. The molecule has 0 N–H and O–H groups in total. The Morgan fingerprint density at radius 3 is 2.50 bits per heavy atom. The zero-order valence-electron chi connectivity index (χ0n) is 8.17. The molecule has 0 saturated heterocycles. The van der Waals surface area contributed by atoms with Crippen LogP contribution in [0.4, 0.5) is 0 Å². The lowest BCUT2D eigenvalue weighted by Gasteiger charge is -2.05. The average Bonchev–Trinajstić information content (AvgIpc) is 2.03. The second-order valence-corrected chi connectivity index (χ2v) is 3.65. The van der Waals surface area contributed by atoms with Gasteiger partial charge in [-0.1, -0.05) is 26.8 Å². The molecule has 0 amide bonds. The van der Waals surface area contributed by atoms with E-state index in [9.17, 15) is 0 Å². The lowest BCUT2D eigenvalue weighted by Crippen LogP contribution is -1.95. The van der Waals surface area contributed by atoms with Crippen molar-refractivity contribution in [3.63, 3.8) is 0 Å². The highest BCUT2D eigenvalue weighted by atomic mass is 14.6. The summed E-state index contributed by atoms with van der Waals surface area (Å²) in [5.74, 6) is 0.721. The van der Waals surface area contributed by atoms with Crippen LogP contribution in [0.3, 0.4) is 0 Å². The summed E-state index contributed by atoms with van der Waals surface area (Å²) in [6.07, 6.45) is 6.14. The SMILES string of the molecule is CCc1cncc(CC(C)C)c1. The van der Waals surface area contributed by atoms with Crippen molar-refractivity contribution in [1.82, 2.24) is 4.98 Å². The maximum absolute atomic E-state index is 4.21. The lowest BCUT2D eigenvalue weighted by atomic mass is 10.0. The summed E-state index contributed by atoms with van der Waals surface area (Å²) in [4.78, 5) is 4.21. The Morgan fingerprint density at radius 1 is 1.25 bits per heavy atom. The van der Waals surface area contributed by atoms with Gasteiger partial charge < -0.3 is 0 Å². The first kappa shape index (κ1) is 9.24. The monoisotopic (exact) mass is 163 g/mol. The molecule has 1 aromatic rings. The summed E-state index contributed by atoms with van der Waals surface area (Å²) in [6, 6.07) is 2.26. The Labute approximate surface area is 74.8 Å². The third kappa shape index (κ3) is 2.65. The molecule has 0 aliphatic heterocycles. The fourth-order valence-electron chi connectivity index (χ4n) is 1.32. The molecule has 0 unspecified atom stereocenters. The quantitative estimate of drug-likeness (QED) is 0.667. The third-order valence-electron chi connectivity index (χ3n) is 1.90. The van der Waals surface area contributed by atoms with Crippen molar-refractivity contribution in [2.75, 3.05) is 0 Å². The largest absolute Gasteiger partial charge is 0.264 e. The van der Waals surface area contributed by atoms with Gasteiger partial charge in [0, 0.05) is 12.4 Å². The second kappa shape index (κ2) is 4.24. The molecular formula is C11H17N. The van der Waals surface area contributed by atoms with Crippen LogP contribution in [0.25, 0.3) is 0 Å². The predicted molar refractivity (Wildman–Crippen MR) is 52.2 cm³/mol. The maximum atomic E-state index is 4.21. The number of pyridine rings is 1. The fraction of sp³-hybridized carbons (Fsp3) is 0.545. The van der Waals surface area contributed by atoms with Crippen molar-refractivity contribution in [3.05, 3.63) is 29.6 Å². The summed E-state index contributed by atoms with van der Waals surface area (Å²) in [6.45, 7) is 6.63. The van der Waals surface area contributed by atoms with Crippen LogP contribution >= 0.6 is 0 Å². The normalized spacial score (nSPS) is 10.7. The molecule has 1 heterocycles. The molecule has 0 aliphatic carbocycles. The van der Waals surface area contributed by atoms with Gasteiger partial charge in [-0.15, -0.1) is 0 Å². The van der Waals surface area contributed by atoms with Crippen molar-refractivity contribution in [2.45, 2.75) is 33.6 Å². The van der Waals surface area contributed by atoms with Crippen LogP contribution in [-0.2, 0) is 12.8 Å². The Morgan fingerprint density at radius 2 is 1.92 bits per heavy atom. The zero-order valence-corrected chi connectivity index (χ0v) is 8.17. The Bertz CT molecular complexity index is 241. The van der Waals surface area contributed by atoms with Gasteiger partial charge in [0.25, 0.3) is 0 Å². The first-order chi connectivity index (χ1) is 5.72. The van der Waals surface area contributed by atoms with E-state index in [4.69, 9.17) is 0 Å². The molecule has 0 aliphatic rings. The van der Waals surface area contributed by atoms with Crippen molar-refractivity contribution in [3.8, 4) is 0 Å². The number of aromatic nitrogens is 1. The summed E-state index contributed by atoms with van der Waals surface area (Å²) in [5, 5.41) is 0. The Balaban J connectivity index is 2.72. The summed E-state index contributed by atoms with van der Waals surface area (Å²) < 4.78 is 0. The molecule has 0 spiro atoms. The van der Waals surface area contributed by atoms with E-state index in [1.165, 1.54) is 11.1 Å². The smallest absolute Gasteiger partial charge is 0.0300 e. The van der Waals surface area contributed by atoms with Crippen LogP contribution in [0.5, 0.6) is 0 Å². The molecule has 12 heavy (non-hydrogen) atoms. The van der Waals surface area contributed by atoms with Crippen LogP contribution in [0.15, 0.2) is 18.5 Å². The van der Waals surface area contributed by atoms with Crippen molar-refractivity contribution < 1.29 is 0 Å². The topological polar surface area (TPSA) is 12.9 Å². The van der Waals surface area contributed by atoms with Gasteiger partial charge in [-0.05, 0) is 29.9 Å². The third-order valence-corrected chi connectivity index (χ3v) is 1.90. The highest BCUT2D eigenvalue weighted by molar-refractivity contribution is 5.18. The number of hydrogen-bond acceptors (Lipinski definition) is 1. The van der Waals surface area contributed by atoms with E-state index >= 15 is 0 Å².